The highest BCUT2D eigenvalue weighted by Gasteiger charge is 2.21. The summed E-state index contributed by atoms with van der Waals surface area (Å²) in [5.74, 6) is 0.670. The molecule has 2 rings (SSSR count). The lowest BCUT2D eigenvalue weighted by atomic mass is 9.97. The molecule has 3 heteroatoms. The lowest BCUT2D eigenvalue weighted by Gasteiger charge is -2.34. The highest BCUT2D eigenvalue weighted by atomic mass is 16.5. The highest BCUT2D eigenvalue weighted by Crippen LogP contribution is 2.20. The Balaban J connectivity index is 1.87. The van der Waals surface area contributed by atoms with E-state index in [1.54, 1.807) is 7.11 Å². The molecule has 0 bridgehead atoms. The van der Waals surface area contributed by atoms with E-state index in [4.69, 9.17) is 10.5 Å². The van der Waals surface area contributed by atoms with Crippen molar-refractivity contribution in [3.05, 3.63) is 35.4 Å². The maximum Gasteiger partial charge on any atom is 0.0502 e. The zero-order chi connectivity index (χ0) is 14.4. The monoisotopic (exact) mass is 276 g/mol. The quantitative estimate of drug-likeness (QED) is 0.868. The number of nitrogens with two attached hydrogens (primary N) is 1. The average Bonchev–Trinajstić information content (AvgIpc) is 2.48. The van der Waals surface area contributed by atoms with Crippen LogP contribution in [0.1, 0.15) is 36.9 Å². The van der Waals surface area contributed by atoms with Crippen LogP contribution in [0.2, 0.25) is 0 Å². The second-order valence-electron chi connectivity index (χ2n) is 5.92. The van der Waals surface area contributed by atoms with Crippen LogP contribution in [0.4, 0.5) is 0 Å². The molecule has 2 unspecified atom stereocenters. The van der Waals surface area contributed by atoms with Crippen LogP contribution >= 0.6 is 0 Å². The van der Waals surface area contributed by atoms with Gasteiger partial charge < -0.3 is 15.4 Å². The van der Waals surface area contributed by atoms with E-state index >= 15 is 0 Å². The normalized spacial score (nSPS) is 21.9. The number of hydrogen-bond acceptors (Lipinski definition) is 3. The summed E-state index contributed by atoms with van der Waals surface area (Å²) in [6.07, 6.45) is 3.63. The van der Waals surface area contributed by atoms with E-state index in [-0.39, 0.29) is 6.04 Å². The molecule has 20 heavy (non-hydrogen) atoms. The zero-order valence-electron chi connectivity index (χ0n) is 12.8. The molecule has 0 aromatic heterocycles. The van der Waals surface area contributed by atoms with Crippen LogP contribution in [0.25, 0.3) is 0 Å². The number of nitrogens with zero attached hydrogens (tertiary/aromatic N) is 1. The summed E-state index contributed by atoms with van der Waals surface area (Å²) < 4.78 is 5.29. The largest absolute Gasteiger partial charge is 0.384 e. The van der Waals surface area contributed by atoms with E-state index in [1.165, 1.54) is 30.5 Å². The van der Waals surface area contributed by atoms with Gasteiger partial charge >= 0.3 is 0 Å². The number of benzene rings is 1. The van der Waals surface area contributed by atoms with Gasteiger partial charge in [-0.3, -0.25) is 0 Å². The van der Waals surface area contributed by atoms with Gasteiger partial charge in [0, 0.05) is 26.2 Å². The molecule has 0 spiro atoms. The first-order valence-corrected chi connectivity index (χ1v) is 7.78. The number of hydrogen-bond donors (Lipinski definition) is 1. The molecule has 0 radical (unpaired) electrons. The third-order valence-electron chi connectivity index (χ3n) is 4.28. The fourth-order valence-electron chi connectivity index (χ4n) is 3.07. The topological polar surface area (TPSA) is 38.5 Å². The van der Waals surface area contributed by atoms with Crippen molar-refractivity contribution in [1.29, 1.82) is 0 Å². The predicted octanol–water partition coefficient (Wildman–Crippen LogP) is 2.61. The third kappa shape index (κ3) is 4.30. The minimum absolute atomic E-state index is 0.113. The number of aryl methyl sites for hydroxylation is 1. The average molecular weight is 276 g/mol. The molecule has 112 valence electrons. The zero-order valence-corrected chi connectivity index (χ0v) is 12.8. The molecule has 1 aliphatic rings. The second kappa shape index (κ2) is 7.77. The Morgan fingerprint density at radius 3 is 2.75 bits per heavy atom. The van der Waals surface area contributed by atoms with E-state index < -0.39 is 0 Å². The van der Waals surface area contributed by atoms with Crippen molar-refractivity contribution in [3.63, 3.8) is 0 Å². The summed E-state index contributed by atoms with van der Waals surface area (Å²) in [6, 6.07) is 8.86. The van der Waals surface area contributed by atoms with E-state index in [1.807, 2.05) is 0 Å². The Bertz CT molecular complexity index is 388. The number of ether oxygens (including phenoxy) is 1. The first kappa shape index (κ1) is 15.5. The molecule has 2 atom stereocenters. The fourth-order valence-corrected chi connectivity index (χ4v) is 3.07. The molecular weight excluding hydrogens is 248 g/mol. The Kier molecular flexibility index (Phi) is 6.02. The van der Waals surface area contributed by atoms with Gasteiger partial charge in [-0.15, -0.1) is 0 Å². The van der Waals surface area contributed by atoms with Crippen LogP contribution in [0.5, 0.6) is 0 Å². The minimum atomic E-state index is 0.113. The summed E-state index contributed by atoms with van der Waals surface area (Å²) >= 11 is 0. The molecule has 0 saturated carbocycles. The SMILES string of the molecule is CCc1ccc(C(N)CN2CCCC(COC)C2)cc1. The van der Waals surface area contributed by atoms with Crippen LogP contribution in [0.15, 0.2) is 24.3 Å². The van der Waals surface area contributed by atoms with E-state index in [9.17, 15) is 0 Å². The van der Waals surface area contributed by atoms with Crippen molar-refractivity contribution in [2.45, 2.75) is 32.2 Å². The molecule has 1 aromatic carbocycles. The number of piperidine rings is 1. The number of likely N-dealkylation sites (tertiary alicyclic amines) is 1. The van der Waals surface area contributed by atoms with Gasteiger partial charge in [0.1, 0.15) is 0 Å². The highest BCUT2D eigenvalue weighted by molar-refractivity contribution is 5.25. The van der Waals surface area contributed by atoms with Crippen LogP contribution in [-0.4, -0.2) is 38.3 Å². The molecule has 0 aliphatic carbocycles. The Morgan fingerprint density at radius 1 is 1.35 bits per heavy atom. The summed E-state index contributed by atoms with van der Waals surface area (Å²) in [7, 11) is 1.79. The first-order chi connectivity index (χ1) is 9.72. The van der Waals surface area contributed by atoms with E-state index in [0.29, 0.717) is 5.92 Å². The molecule has 1 fully saturated rings. The minimum Gasteiger partial charge on any atom is -0.384 e. The third-order valence-corrected chi connectivity index (χ3v) is 4.28. The Labute approximate surface area is 123 Å². The Morgan fingerprint density at radius 2 is 2.10 bits per heavy atom. The van der Waals surface area contributed by atoms with Crippen molar-refractivity contribution < 1.29 is 4.74 Å². The van der Waals surface area contributed by atoms with Crippen molar-refractivity contribution in [3.8, 4) is 0 Å². The second-order valence-corrected chi connectivity index (χ2v) is 5.92. The predicted molar refractivity (Wildman–Crippen MR) is 83.8 cm³/mol. The van der Waals surface area contributed by atoms with Gasteiger partial charge in [-0.05, 0) is 42.9 Å². The molecule has 1 aliphatic heterocycles. The van der Waals surface area contributed by atoms with Crippen molar-refractivity contribution in [2.24, 2.45) is 11.7 Å². The molecular formula is C17H28N2O. The van der Waals surface area contributed by atoms with Gasteiger partial charge in [-0.2, -0.15) is 0 Å². The smallest absolute Gasteiger partial charge is 0.0502 e. The summed E-state index contributed by atoms with van der Waals surface area (Å²) in [5, 5.41) is 0. The van der Waals surface area contributed by atoms with Gasteiger partial charge in [-0.25, -0.2) is 0 Å². The van der Waals surface area contributed by atoms with Crippen LogP contribution in [0, 0.1) is 5.92 Å². The van der Waals surface area contributed by atoms with Crippen molar-refractivity contribution >= 4 is 0 Å². The van der Waals surface area contributed by atoms with Gasteiger partial charge in [0.2, 0.25) is 0 Å². The van der Waals surface area contributed by atoms with E-state index in [2.05, 4.69) is 36.1 Å². The maximum atomic E-state index is 6.36. The Hall–Kier alpha value is -0.900. The molecule has 2 N–H and O–H groups in total. The van der Waals surface area contributed by atoms with Crippen LogP contribution < -0.4 is 5.73 Å². The van der Waals surface area contributed by atoms with Crippen molar-refractivity contribution in [2.75, 3.05) is 33.4 Å². The molecule has 1 aromatic rings. The summed E-state index contributed by atoms with van der Waals surface area (Å²) in [5.41, 5.74) is 8.98. The molecule has 0 amide bonds. The summed E-state index contributed by atoms with van der Waals surface area (Å²) in [4.78, 5) is 2.49. The first-order valence-electron chi connectivity index (χ1n) is 7.78. The molecule has 1 heterocycles. The van der Waals surface area contributed by atoms with Gasteiger partial charge in [-0.1, -0.05) is 31.2 Å². The molecule has 3 nitrogen and oxygen atoms in total. The number of methoxy groups -OCH3 is 1. The van der Waals surface area contributed by atoms with Gasteiger partial charge in [0.15, 0.2) is 0 Å². The maximum absolute atomic E-state index is 6.36. The fraction of sp³-hybridized carbons (Fsp3) is 0.647. The summed E-state index contributed by atoms with van der Waals surface area (Å²) in [6.45, 7) is 6.29. The van der Waals surface area contributed by atoms with Crippen molar-refractivity contribution in [1.82, 2.24) is 4.90 Å². The lowest BCUT2D eigenvalue weighted by molar-refractivity contribution is 0.0878. The lowest BCUT2D eigenvalue weighted by Crippen LogP contribution is -2.40. The van der Waals surface area contributed by atoms with E-state index in [0.717, 1.165) is 26.1 Å². The van der Waals surface area contributed by atoms with Crippen LogP contribution in [0.3, 0.4) is 0 Å². The standard InChI is InChI=1S/C17H28N2O/c1-3-14-6-8-16(9-7-14)17(18)12-19-10-4-5-15(11-19)13-20-2/h6-9,15,17H,3-5,10-13,18H2,1-2H3. The molecule has 1 saturated heterocycles. The van der Waals surface area contributed by atoms with Gasteiger partial charge in [0.25, 0.3) is 0 Å². The van der Waals surface area contributed by atoms with Gasteiger partial charge in [0.05, 0.1) is 6.61 Å². The van der Waals surface area contributed by atoms with Crippen LogP contribution in [-0.2, 0) is 11.2 Å². The number of rotatable bonds is 6.